The number of nitrogens with zero attached hydrogens (tertiary/aromatic N) is 2. The predicted octanol–water partition coefficient (Wildman–Crippen LogP) is 4.78. The highest BCUT2D eigenvalue weighted by Crippen LogP contribution is 2.50. The molecule has 2 aromatic heterocycles. The largest absolute Gasteiger partial charge is 0.479 e. The molecule has 3 aromatic rings. The molecule has 0 aliphatic carbocycles. The molecule has 0 saturated carbocycles. The monoisotopic (exact) mass is 467 g/mol. The second-order valence-corrected chi connectivity index (χ2v) is 9.65. The Labute approximate surface area is 184 Å². The number of aliphatic imine (C=N–C) groups is 1. The van der Waals surface area contributed by atoms with E-state index >= 15 is 0 Å². The first-order valence-corrected chi connectivity index (χ1v) is 10.7. The number of hydrogen-bond acceptors (Lipinski definition) is 6. The molecule has 2 unspecified atom stereocenters. The summed E-state index contributed by atoms with van der Waals surface area (Å²) in [4.78, 5) is 18.6. The molecule has 2 atom stereocenters. The predicted molar refractivity (Wildman–Crippen MR) is 120 cm³/mol. The minimum atomic E-state index is -1.20. The normalized spacial score (nSPS) is 16.2. The van der Waals surface area contributed by atoms with Gasteiger partial charge in [-0.25, -0.2) is 9.79 Å². The number of guanidine groups is 1. The molecule has 11 heteroatoms. The van der Waals surface area contributed by atoms with Crippen molar-refractivity contribution in [2.45, 2.75) is 12.2 Å². The zero-order chi connectivity index (χ0) is 20.7. The number of nitrogens with two attached hydrogens (primary N) is 2. The molecule has 0 amide bonds. The summed E-state index contributed by atoms with van der Waals surface area (Å²) in [5, 5.41) is 13.9. The van der Waals surface area contributed by atoms with Crippen LogP contribution in [0.1, 0.15) is 22.6 Å². The van der Waals surface area contributed by atoms with E-state index in [-0.39, 0.29) is 12.1 Å². The van der Waals surface area contributed by atoms with E-state index in [1.807, 2.05) is 30.3 Å². The van der Waals surface area contributed by atoms with Crippen LogP contribution in [0.5, 0.6) is 0 Å². The van der Waals surface area contributed by atoms with Crippen molar-refractivity contribution in [3.63, 3.8) is 0 Å². The summed E-state index contributed by atoms with van der Waals surface area (Å²) in [6.07, 6.45) is -0.209. The fraction of sp³-hybridized carbons (Fsp3) is 0.111. The van der Waals surface area contributed by atoms with Gasteiger partial charge >= 0.3 is 5.97 Å². The number of thiophene rings is 2. The Balaban J connectivity index is 1.82. The molecule has 0 spiro atoms. The van der Waals surface area contributed by atoms with Crippen molar-refractivity contribution in [3.8, 4) is 0 Å². The van der Waals surface area contributed by atoms with E-state index in [1.165, 1.54) is 22.7 Å². The van der Waals surface area contributed by atoms with Gasteiger partial charge in [0.05, 0.1) is 25.0 Å². The molecule has 150 valence electrons. The van der Waals surface area contributed by atoms with Crippen molar-refractivity contribution < 1.29 is 9.90 Å². The van der Waals surface area contributed by atoms with Gasteiger partial charge < -0.3 is 26.8 Å². The second-order valence-electron chi connectivity index (χ2n) is 6.21. The van der Waals surface area contributed by atoms with Crippen molar-refractivity contribution in [2.24, 2.45) is 16.5 Å². The standard InChI is InChI=1S/C18H15Cl2N5O2S2/c19-12-4-3-11(28-12)16-23-9-2-1-8(15(17(26)27)24-18(21)22)7-10(9)25(16)14-6-5-13(20)29-14/h1-7,15-16,23H,(H,26,27)(H4,21,22,24). The van der Waals surface area contributed by atoms with Crippen LogP contribution >= 0.6 is 45.9 Å². The molecular formula is C18H15Cl2N5O2S2. The quantitative estimate of drug-likeness (QED) is 0.316. The fourth-order valence-electron chi connectivity index (χ4n) is 3.17. The molecule has 4 rings (SSSR count). The Morgan fingerprint density at radius 1 is 1.14 bits per heavy atom. The van der Waals surface area contributed by atoms with Crippen LogP contribution in [0.4, 0.5) is 16.4 Å². The van der Waals surface area contributed by atoms with Gasteiger partial charge in [-0.15, -0.1) is 22.7 Å². The average molecular weight is 468 g/mol. The number of carboxylic acids is 1. The van der Waals surface area contributed by atoms with Gasteiger partial charge in [0.25, 0.3) is 0 Å². The minimum Gasteiger partial charge on any atom is -0.479 e. The summed E-state index contributed by atoms with van der Waals surface area (Å²) in [7, 11) is 0. The van der Waals surface area contributed by atoms with Crippen molar-refractivity contribution >= 4 is 74.2 Å². The summed E-state index contributed by atoms with van der Waals surface area (Å²) in [6, 6.07) is 11.6. The van der Waals surface area contributed by atoms with Crippen molar-refractivity contribution in [2.75, 3.05) is 10.2 Å². The Hall–Kier alpha value is -2.46. The molecule has 7 nitrogen and oxygen atoms in total. The molecule has 0 fully saturated rings. The van der Waals surface area contributed by atoms with E-state index in [4.69, 9.17) is 34.7 Å². The molecular weight excluding hydrogens is 453 g/mol. The molecule has 29 heavy (non-hydrogen) atoms. The Kier molecular flexibility index (Phi) is 5.30. The lowest BCUT2D eigenvalue weighted by Crippen LogP contribution is -2.25. The van der Waals surface area contributed by atoms with E-state index < -0.39 is 12.0 Å². The van der Waals surface area contributed by atoms with Crippen LogP contribution in [0.3, 0.4) is 0 Å². The van der Waals surface area contributed by atoms with E-state index in [9.17, 15) is 9.90 Å². The highest BCUT2D eigenvalue weighted by molar-refractivity contribution is 7.20. The summed E-state index contributed by atoms with van der Waals surface area (Å²) in [6.45, 7) is 0. The fourth-order valence-corrected chi connectivity index (χ4v) is 5.34. The third kappa shape index (κ3) is 3.86. The average Bonchev–Trinajstić information content (AvgIpc) is 3.36. The van der Waals surface area contributed by atoms with Crippen LogP contribution < -0.4 is 21.7 Å². The molecule has 6 N–H and O–H groups in total. The number of carbonyl (C=O) groups is 1. The van der Waals surface area contributed by atoms with Gasteiger partial charge in [-0.1, -0.05) is 29.3 Å². The number of rotatable bonds is 5. The summed E-state index contributed by atoms with van der Waals surface area (Å²) >= 11 is 15.2. The lowest BCUT2D eigenvalue weighted by atomic mass is 10.1. The number of nitrogens with one attached hydrogen (secondary N) is 1. The molecule has 0 radical (unpaired) electrons. The zero-order valence-corrected chi connectivity index (χ0v) is 17.8. The van der Waals surface area contributed by atoms with Crippen molar-refractivity contribution in [3.05, 3.63) is 61.6 Å². The van der Waals surface area contributed by atoms with Gasteiger partial charge in [-0.2, -0.15) is 0 Å². The van der Waals surface area contributed by atoms with Gasteiger partial charge in [-0.05, 0) is 42.0 Å². The van der Waals surface area contributed by atoms with E-state index in [0.717, 1.165) is 21.3 Å². The van der Waals surface area contributed by atoms with Gasteiger partial charge in [0.2, 0.25) is 0 Å². The maximum atomic E-state index is 11.7. The number of anilines is 3. The second kappa shape index (κ2) is 7.75. The third-order valence-corrected chi connectivity index (χ3v) is 6.83. The number of hydrogen-bond donors (Lipinski definition) is 4. The van der Waals surface area contributed by atoms with Crippen molar-refractivity contribution in [1.29, 1.82) is 0 Å². The van der Waals surface area contributed by atoms with Gasteiger partial charge in [0, 0.05) is 4.88 Å². The number of fused-ring (bicyclic) bond motifs is 1. The SMILES string of the molecule is NC(N)=NC(C(=O)O)c1ccc2c(c1)N(c1ccc(Cl)s1)C(c1ccc(Cl)s1)N2. The summed E-state index contributed by atoms with van der Waals surface area (Å²) in [5.74, 6) is -1.43. The van der Waals surface area contributed by atoms with Gasteiger partial charge in [0.1, 0.15) is 6.17 Å². The van der Waals surface area contributed by atoms with Crippen LogP contribution in [0.2, 0.25) is 8.67 Å². The Morgan fingerprint density at radius 2 is 1.86 bits per heavy atom. The third-order valence-electron chi connectivity index (χ3n) is 4.32. The number of carboxylic acid groups (broad SMARTS) is 1. The van der Waals surface area contributed by atoms with Gasteiger partial charge in [-0.3, -0.25) is 0 Å². The number of halogens is 2. The first-order chi connectivity index (χ1) is 13.8. The molecule has 0 saturated heterocycles. The summed E-state index contributed by atoms with van der Waals surface area (Å²) < 4.78 is 1.33. The lowest BCUT2D eigenvalue weighted by Gasteiger charge is -2.25. The Morgan fingerprint density at radius 3 is 2.45 bits per heavy atom. The molecule has 3 heterocycles. The maximum Gasteiger partial charge on any atom is 0.333 e. The molecule has 0 bridgehead atoms. The van der Waals surface area contributed by atoms with E-state index in [0.29, 0.717) is 14.2 Å². The van der Waals surface area contributed by atoms with E-state index in [1.54, 1.807) is 12.1 Å². The van der Waals surface area contributed by atoms with Crippen LogP contribution in [0.15, 0.2) is 47.5 Å². The molecule has 1 aliphatic heterocycles. The minimum absolute atomic E-state index is 0.209. The summed E-state index contributed by atoms with van der Waals surface area (Å²) in [5.41, 5.74) is 13.0. The highest BCUT2D eigenvalue weighted by atomic mass is 35.5. The number of benzene rings is 1. The smallest absolute Gasteiger partial charge is 0.333 e. The highest BCUT2D eigenvalue weighted by Gasteiger charge is 2.34. The van der Waals surface area contributed by atoms with Crippen molar-refractivity contribution in [1.82, 2.24) is 0 Å². The van der Waals surface area contributed by atoms with Gasteiger partial charge in [0.15, 0.2) is 12.0 Å². The van der Waals surface area contributed by atoms with Crippen LogP contribution in [0.25, 0.3) is 0 Å². The number of aliphatic carboxylic acids is 1. The first kappa shape index (κ1) is 19.8. The van der Waals surface area contributed by atoms with E-state index in [2.05, 4.69) is 15.2 Å². The lowest BCUT2D eigenvalue weighted by molar-refractivity contribution is -0.138. The molecule has 1 aliphatic rings. The van der Waals surface area contributed by atoms with Crippen LogP contribution in [0, 0.1) is 0 Å². The van der Waals surface area contributed by atoms with Crippen LogP contribution in [-0.2, 0) is 4.79 Å². The first-order valence-electron chi connectivity index (χ1n) is 8.35. The maximum absolute atomic E-state index is 11.7. The zero-order valence-electron chi connectivity index (χ0n) is 14.7. The Bertz CT molecular complexity index is 1110. The van der Waals surface area contributed by atoms with Crippen LogP contribution in [-0.4, -0.2) is 17.0 Å². The molecule has 1 aromatic carbocycles. The topological polar surface area (TPSA) is 117 Å².